The zero-order valence-electron chi connectivity index (χ0n) is 17.8. The summed E-state index contributed by atoms with van der Waals surface area (Å²) in [6, 6.07) is 8.62. The van der Waals surface area contributed by atoms with E-state index in [2.05, 4.69) is 32.7 Å². The number of methoxy groups -OCH3 is 2. The highest BCUT2D eigenvalue weighted by Crippen LogP contribution is 2.25. The fraction of sp³-hybridized carbons (Fsp3) is 0.667. The number of ether oxygens (including phenoxy) is 3. The van der Waals surface area contributed by atoms with Gasteiger partial charge in [-0.15, -0.1) is 24.0 Å². The smallest absolute Gasteiger partial charge is 0.191 e. The van der Waals surface area contributed by atoms with Crippen LogP contribution in [-0.2, 0) is 9.47 Å². The summed E-state index contributed by atoms with van der Waals surface area (Å²) in [6.45, 7) is 4.24. The maximum Gasteiger partial charge on any atom is 0.191 e. The minimum atomic E-state index is -0.172. The lowest BCUT2D eigenvalue weighted by atomic mass is 9.94. The first-order chi connectivity index (χ1) is 13.7. The average molecular weight is 518 g/mol. The van der Waals surface area contributed by atoms with Gasteiger partial charge in [-0.05, 0) is 25.0 Å². The number of anilines is 1. The number of benzene rings is 1. The molecule has 2 saturated heterocycles. The normalized spacial score (nSPS) is 21.8. The molecule has 0 aliphatic carbocycles. The molecule has 29 heavy (non-hydrogen) atoms. The van der Waals surface area contributed by atoms with E-state index in [-0.39, 0.29) is 29.6 Å². The van der Waals surface area contributed by atoms with Gasteiger partial charge in [0.05, 0.1) is 12.7 Å². The quantitative estimate of drug-likeness (QED) is 0.343. The third-order valence-corrected chi connectivity index (χ3v) is 5.82. The topological polar surface area (TPSA) is 67.4 Å². The molecule has 2 fully saturated rings. The Kier molecular flexibility index (Phi) is 9.78. The second-order valence-electron chi connectivity index (χ2n) is 7.56. The van der Waals surface area contributed by atoms with Crippen molar-refractivity contribution in [2.24, 2.45) is 4.99 Å². The number of piperidine rings is 1. The largest absolute Gasteiger partial charge is 0.497 e. The molecular formula is C21H35IN4O3. The van der Waals surface area contributed by atoms with Gasteiger partial charge in [0.1, 0.15) is 5.75 Å². The van der Waals surface area contributed by atoms with Crippen LogP contribution in [0.5, 0.6) is 5.75 Å². The highest BCUT2D eigenvalue weighted by molar-refractivity contribution is 14.0. The Morgan fingerprint density at radius 3 is 2.79 bits per heavy atom. The van der Waals surface area contributed by atoms with E-state index in [0.717, 1.165) is 70.2 Å². The molecule has 1 aromatic rings. The van der Waals surface area contributed by atoms with Gasteiger partial charge in [0, 0.05) is 77.6 Å². The zero-order chi connectivity index (χ0) is 19.8. The third-order valence-electron chi connectivity index (χ3n) is 5.82. The summed E-state index contributed by atoms with van der Waals surface area (Å²) in [4.78, 5) is 6.84. The number of hydrogen-bond donors (Lipinski definition) is 2. The van der Waals surface area contributed by atoms with Crippen LogP contribution in [0.3, 0.4) is 0 Å². The summed E-state index contributed by atoms with van der Waals surface area (Å²) in [5.41, 5.74) is 1.03. The van der Waals surface area contributed by atoms with Crippen molar-refractivity contribution in [2.45, 2.75) is 37.3 Å². The van der Waals surface area contributed by atoms with Gasteiger partial charge in [-0.3, -0.25) is 4.99 Å². The van der Waals surface area contributed by atoms with Gasteiger partial charge in [-0.25, -0.2) is 0 Å². The van der Waals surface area contributed by atoms with Gasteiger partial charge in [0.15, 0.2) is 5.96 Å². The Morgan fingerprint density at radius 1 is 1.31 bits per heavy atom. The monoisotopic (exact) mass is 518 g/mol. The fourth-order valence-electron chi connectivity index (χ4n) is 3.97. The second kappa shape index (κ2) is 11.8. The van der Waals surface area contributed by atoms with Crippen LogP contribution >= 0.6 is 24.0 Å². The Hall–Kier alpha value is -1.26. The summed E-state index contributed by atoms with van der Waals surface area (Å²) in [5.74, 6) is 1.73. The Bertz CT molecular complexity index is 653. The van der Waals surface area contributed by atoms with E-state index in [0.29, 0.717) is 6.04 Å². The number of guanidine groups is 1. The van der Waals surface area contributed by atoms with E-state index < -0.39 is 0 Å². The zero-order valence-corrected chi connectivity index (χ0v) is 20.1. The fourth-order valence-corrected chi connectivity index (χ4v) is 3.97. The summed E-state index contributed by atoms with van der Waals surface area (Å²) in [6.07, 6.45) is 4.08. The van der Waals surface area contributed by atoms with Crippen molar-refractivity contribution in [3.8, 4) is 5.75 Å². The number of halogens is 1. The second-order valence-corrected chi connectivity index (χ2v) is 7.56. The molecule has 0 bridgehead atoms. The molecule has 0 saturated carbocycles. The maximum absolute atomic E-state index is 5.82. The minimum Gasteiger partial charge on any atom is -0.497 e. The van der Waals surface area contributed by atoms with Crippen molar-refractivity contribution >= 4 is 35.6 Å². The van der Waals surface area contributed by atoms with E-state index in [1.54, 1.807) is 14.2 Å². The predicted octanol–water partition coefficient (Wildman–Crippen LogP) is 2.64. The van der Waals surface area contributed by atoms with Crippen LogP contribution in [0.25, 0.3) is 0 Å². The minimum absolute atomic E-state index is 0. The van der Waals surface area contributed by atoms with Crippen LogP contribution in [0.2, 0.25) is 0 Å². The molecule has 0 amide bonds. The van der Waals surface area contributed by atoms with E-state index in [1.165, 1.54) is 5.69 Å². The van der Waals surface area contributed by atoms with Crippen LogP contribution in [0, 0.1) is 0 Å². The van der Waals surface area contributed by atoms with Gasteiger partial charge in [0.25, 0.3) is 0 Å². The average Bonchev–Trinajstić information content (AvgIpc) is 2.77. The molecule has 1 unspecified atom stereocenters. The molecule has 0 aromatic heterocycles. The number of nitrogens with zero attached hydrogens (tertiary/aromatic N) is 2. The molecular weight excluding hydrogens is 483 g/mol. The van der Waals surface area contributed by atoms with Gasteiger partial charge < -0.3 is 29.7 Å². The van der Waals surface area contributed by atoms with Crippen molar-refractivity contribution in [3.63, 3.8) is 0 Å². The highest BCUT2D eigenvalue weighted by Gasteiger charge is 2.33. The summed E-state index contributed by atoms with van der Waals surface area (Å²) in [5, 5.41) is 7.06. The van der Waals surface area contributed by atoms with Crippen LogP contribution in [0.15, 0.2) is 29.3 Å². The van der Waals surface area contributed by atoms with Crippen molar-refractivity contribution < 1.29 is 14.2 Å². The van der Waals surface area contributed by atoms with E-state index in [1.807, 2.05) is 19.2 Å². The van der Waals surface area contributed by atoms with Gasteiger partial charge in [0.2, 0.25) is 0 Å². The van der Waals surface area contributed by atoms with Crippen LogP contribution in [0.1, 0.15) is 25.7 Å². The molecule has 2 N–H and O–H groups in total. The van der Waals surface area contributed by atoms with E-state index in [9.17, 15) is 0 Å². The number of aliphatic imine (C=N–C) groups is 1. The predicted molar refractivity (Wildman–Crippen MR) is 128 cm³/mol. The molecule has 1 atom stereocenters. The lowest BCUT2D eigenvalue weighted by Gasteiger charge is -2.38. The van der Waals surface area contributed by atoms with Gasteiger partial charge in [-0.1, -0.05) is 6.07 Å². The third kappa shape index (κ3) is 6.62. The summed E-state index contributed by atoms with van der Waals surface area (Å²) in [7, 11) is 5.32. The first-order valence-corrected chi connectivity index (χ1v) is 10.2. The van der Waals surface area contributed by atoms with E-state index in [4.69, 9.17) is 14.2 Å². The lowest BCUT2D eigenvalue weighted by Crippen LogP contribution is -2.55. The molecule has 0 spiro atoms. The van der Waals surface area contributed by atoms with Crippen molar-refractivity contribution in [2.75, 3.05) is 59.0 Å². The lowest BCUT2D eigenvalue weighted by molar-refractivity contribution is -0.0855. The molecule has 3 rings (SSSR count). The standard InChI is InChI=1S/C21H34N4O3.HI/c1-22-20(23-16-21(27-3)9-12-28-13-10-21)24-17-6-5-11-25(15-17)18-7-4-8-19(14-18)26-2;/h4,7-8,14,17H,5-6,9-13,15-16H2,1-3H3,(H2,22,23,24);1H. The molecule has 2 aliphatic rings. The molecule has 2 aliphatic heterocycles. The maximum atomic E-state index is 5.82. The SMILES string of the molecule is CN=C(NCC1(OC)CCOCC1)NC1CCCN(c2cccc(OC)c2)C1.I. The highest BCUT2D eigenvalue weighted by atomic mass is 127. The Labute approximate surface area is 191 Å². The van der Waals surface area contributed by atoms with Crippen molar-refractivity contribution in [3.05, 3.63) is 24.3 Å². The van der Waals surface area contributed by atoms with Crippen LogP contribution in [0.4, 0.5) is 5.69 Å². The number of rotatable bonds is 6. The van der Waals surface area contributed by atoms with Crippen LogP contribution in [-0.4, -0.2) is 71.7 Å². The first-order valence-electron chi connectivity index (χ1n) is 10.2. The molecule has 7 nitrogen and oxygen atoms in total. The van der Waals surface area contributed by atoms with Crippen LogP contribution < -0.4 is 20.3 Å². The van der Waals surface area contributed by atoms with Crippen molar-refractivity contribution in [1.29, 1.82) is 0 Å². The molecule has 164 valence electrons. The summed E-state index contributed by atoms with van der Waals surface area (Å²) < 4.78 is 16.7. The Morgan fingerprint density at radius 2 is 2.10 bits per heavy atom. The van der Waals surface area contributed by atoms with Gasteiger partial charge >= 0.3 is 0 Å². The molecule has 0 radical (unpaired) electrons. The molecule has 8 heteroatoms. The molecule has 2 heterocycles. The number of nitrogens with one attached hydrogen (secondary N) is 2. The number of hydrogen-bond acceptors (Lipinski definition) is 5. The van der Waals surface area contributed by atoms with Crippen molar-refractivity contribution in [1.82, 2.24) is 10.6 Å². The Balaban J connectivity index is 0.00000300. The first kappa shape index (κ1) is 24.0. The van der Waals surface area contributed by atoms with Gasteiger partial charge in [-0.2, -0.15) is 0 Å². The van der Waals surface area contributed by atoms with E-state index >= 15 is 0 Å². The molecule has 1 aromatic carbocycles. The summed E-state index contributed by atoms with van der Waals surface area (Å²) >= 11 is 0.